The minimum Gasteiger partial charge on any atom is -0.321 e. The van der Waals surface area contributed by atoms with Crippen molar-refractivity contribution < 1.29 is 0 Å². The van der Waals surface area contributed by atoms with E-state index in [1.54, 1.807) is 0 Å². The number of nitrogens with two attached hydrogens (primary N) is 1. The zero-order valence-electron chi connectivity index (χ0n) is 13.1. The molecule has 0 heterocycles. The van der Waals surface area contributed by atoms with Crippen LogP contribution in [0.2, 0.25) is 0 Å². The molecule has 0 bridgehead atoms. The van der Waals surface area contributed by atoms with Crippen LogP contribution in [-0.4, -0.2) is 0 Å². The van der Waals surface area contributed by atoms with Crippen molar-refractivity contribution in [1.29, 1.82) is 0 Å². The van der Waals surface area contributed by atoms with Crippen LogP contribution < -0.4 is 5.73 Å². The van der Waals surface area contributed by atoms with Crippen LogP contribution in [0.5, 0.6) is 0 Å². The summed E-state index contributed by atoms with van der Waals surface area (Å²) in [6.45, 7) is 4.70. The van der Waals surface area contributed by atoms with Gasteiger partial charge in [-0.05, 0) is 47.8 Å². The van der Waals surface area contributed by atoms with Gasteiger partial charge in [0.1, 0.15) is 0 Å². The van der Waals surface area contributed by atoms with E-state index in [0.29, 0.717) is 5.41 Å². The molecule has 2 aromatic rings. The maximum absolute atomic E-state index is 6.69. The summed E-state index contributed by atoms with van der Waals surface area (Å²) in [7, 11) is 0. The van der Waals surface area contributed by atoms with Crippen LogP contribution in [-0.2, 0) is 5.54 Å². The van der Waals surface area contributed by atoms with Crippen LogP contribution in [0.15, 0.2) is 54.6 Å². The number of hydrogen-bond donors (Lipinski definition) is 1. The molecule has 2 N–H and O–H groups in total. The molecule has 0 atom stereocenters. The lowest BCUT2D eigenvalue weighted by molar-refractivity contribution is 0.165. The van der Waals surface area contributed by atoms with Gasteiger partial charge in [0, 0.05) is 5.54 Å². The number of benzene rings is 2. The van der Waals surface area contributed by atoms with Gasteiger partial charge in [-0.3, -0.25) is 0 Å². The summed E-state index contributed by atoms with van der Waals surface area (Å²) in [5.41, 5.74) is 10.8. The van der Waals surface area contributed by atoms with E-state index in [1.165, 1.54) is 29.5 Å². The monoisotopic (exact) mass is 279 g/mol. The SMILES string of the molecule is CC1(C)CCC(N)(c2ccc(-c3ccccc3)cc2)CC1. The Morgan fingerprint density at radius 2 is 1.24 bits per heavy atom. The first-order chi connectivity index (χ1) is 9.99. The summed E-state index contributed by atoms with van der Waals surface area (Å²) < 4.78 is 0. The van der Waals surface area contributed by atoms with Crippen LogP contribution in [0.4, 0.5) is 0 Å². The zero-order chi connectivity index (χ0) is 14.9. The highest BCUT2D eigenvalue weighted by Gasteiger charge is 2.36. The summed E-state index contributed by atoms with van der Waals surface area (Å²) in [6, 6.07) is 19.4. The lowest BCUT2D eigenvalue weighted by Crippen LogP contribution is -2.42. The molecule has 3 rings (SSSR count). The van der Waals surface area contributed by atoms with E-state index < -0.39 is 0 Å². The van der Waals surface area contributed by atoms with Crippen molar-refractivity contribution in [1.82, 2.24) is 0 Å². The summed E-state index contributed by atoms with van der Waals surface area (Å²) >= 11 is 0. The third-order valence-electron chi connectivity index (χ3n) is 5.06. The van der Waals surface area contributed by atoms with Gasteiger partial charge in [0.25, 0.3) is 0 Å². The fraction of sp³-hybridized carbons (Fsp3) is 0.400. The predicted molar refractivity (Wildman–Crippen MR) is 90.0 cm³/mol. The van der Waals surface area contributed by atoms with Crippen molar-refractivity contribution in [3.8, 4) is 11.1 Å². The molecule has 1 nitrogen and oxygen atoms in total. The Labute approximate surface area is 128 Å². The van der Waals surface area contributed by atoms with Crippen molar-refractivity contribution in [2.45, 2.75) is 45.1 Å². The first kappa shape index (κ1) is 14.3. The Balaban J connectivity index is 1.81. The fourth-order valence-electron chi connectivity index (χ4n) is 3.29. The summed E-state index contributed by atoms with van der Waals surface area (Å²) in [4.78, 5) is 0. The molecule has 0 aromatic heterocycles. The molecule has 1 heteroatoms. The van der Waals surface area contributed by atoms with Gasteiger partial charge in [0.15, 0.2) is 0 Å². The highest BCUT2D eigenvalue weighted by atomic mass is 14.8. The topological polar surface area (TPSA) is 26.0 Å². The van der Waals surface area contributed by atoms with Crippen molar-refractivity contribution in [3.05, 3.63) is 60.2 Å². The smallest absolute Gasteiger partial charge is 0.0410 e. The molecule has 0 radical (unpaired) electrons. The van der Waals surface area contributed by atoms with E-state index in [1.807, 2.05) is 0 Å². The number of hydrogen-bond acceptors (Lipinski definition) is 1. The van der Waals surface area contributed by atoms with Crippen LogP contribution >= 0.6 is 0 Å². The standard InChI is InChI=1S/C20H25N/c1-19(2)12-14-20(21,15-13-19)18-10-8-17(9-11-18)16-6-4-3-5-7-16/h3-11H,12-15,21H2,1-2H3. The highest BCUT2D eigenvalue weighted by Crippen LogP contribution is 2.43. The Morgan fingerprint density at radius 3 is 1.81 bits per heavy atom. The van der Waals surface area contributed by atoms with E-state index >= 15 is 0 Å². The molecular formula is C20H25N. The minimum atomic E-state index is -0.134. The molecule has 1 fully saturated rings. The molecule has 0 amide bonds. The summed E-state index contributed by atoms with van der Waals surface area (Å²) in [6.07, 6.45) is 4.60. The lowest BCUT2D eigenvalue weighted by atomic mass is 9.67. The Bertz CT molecular complexity index is 585. The average Bonchev–Trinajstić information content (AvgIpc) is 2.52. The maximum atomic E-state index is 6.69. The quantitative estimate of drug-likeness (QED) is 0.812. The van der Waals surface area contributed by atoms with E-state index in [2.05, 4.69) is 68.4 Å². The van der Waals surface area contributed by atoms with Gasteiger partial charge in [0.2, 0.25) is 0 Å². The van der Waals surface area contributed by atoms with Crippen LogP contribution in [0.3, 0.4) is 0 Å². The van der Waals surface area contributed by atoms with Crippen LogP contribution in [0.1, 0.15) is 45.1 Å². The van der Waals surface area contributed by atoms with Crippen molar-refractivity contribution in [2.75, 3.05) is 0 Å². The van der Waals surface area contributed by atoms with Gasteiger partial charge < -0.3 is 5.73 Å². The fourth-order valence-corrected chi connectivity index (χ4v) is 3.29. The third kappa shape index (κ3) is 3.03. The van der Waals surface area contributed by atoms with Gasteiger partial charge in [-0.25, -0.2) is 0 Å². The second-order valence-electron chi connectivity index (χ2n) is 7.26. The second-order valence-corrected chi connectivity index (χ2v) is 7.26. The lowest BCUT2D eigenvalue weighted by Gasteiger charge is -2.41. The zero-order valence-corrected chi connectivity index (χ0v) is 13.1. The highest BCUT2D eigenvalue weighted by molar-refractivity contribution is 5.63. The van der Waals surface area contributed by atoms with Crippen molar-refractivity contribution in [3.63, 3.8) is 0 Å². The van der Waals surface area contributed by atoms with Crippen molar-refractivity contribution in [2.24, 2.45) is 11.1 Å². The molecule has 1 aliphatic rings. The summed E-state index contributed by atoms with van der Waals surface area (Å²) in [5.74, 6) is 0. The number of rotatable bonds is 2. The Morgan fingerprint density at radius 1 is 0.714 bits per heavy atom. The minimum absolute atomic E-state index is 0.134. The van der Waals surface area contributed by atoms with E-state index in [-0.39, 0.29) is 5.54 Å². The Hall–Kier alpha value is -1.60. The first-order valence-corrected chi connectivity index (χ1v) is 7.93. The molecule has 0 saturated heterocycles. The molecule has 21 heavy (non-hydrogen) atoms. The molecule has 2 aromatic carbocycles. The first-order valence-electron chi connectivity index (χ1n) is 7.93. The van der Waals surface area contributed by atoms with E-state index in [9.17, 15) is 0 Å². The molecule has 0 unspecified atom stereocenters. The molecule has 110 valence electrons. The summed E-state index contributed by atoms with van der Waals surface area (Å²) in [5, 5.41) is 0. The van der Waals surface area contributed by atoms with Gasteiger partial charge in [-0.2, -0.15) is 0 Å². The van der Waals surface area contributed by atoms with Crippen molar-refractivity contribution >= 4 is 0 Å². The molecule has 1 saturated carbocycles. The normalized spacial score (nSPS) is 20.1. The molecule has 0 spiro atoms. The molecule has 0 aliphatic heterocycles. The maximum Gasteiger partial charge on any atom is 0.0410 e. The average molecular weight is 279 g/mol. The van der Waals surface area contributed by atoms with E-state index in [0.717, 1.165) is 12.8 Å². The van der Waals surface area contributed by atoms with Gasteiger partial charge in [0.05, 0.1) is 0 Å². The van der Waals surface area contributed by atoms with Gasteiger partial charge in [-0.15, -0.1) is 0 Å². The molecule has 1 aliphatic carbocycles. The van der Waals surface area contributed by atoms with Crippen LogP contribution in [0, 0.1) is 5.41 Å². The van der Waals surface area contributed by atoms with Gasteiger partial charge in [-0.1, -0.05) is 68.4 Å². The van der Waals surface area contributed by atoms with Crippen LogP contribution in [0.25, 0.3) is 11.1 Å². The third-order valence-corrected chi connectivity index (χ3v) is 5.06. The van der Waals surface area contributed by atoms with Gasteiger partial charge >= 0.3 is 0 Å². The van der Waals surface area contributed by atoms with E-state index in [4.69, 9.17) is 5.73 Å². The predicted octanol–water partition coefficient (Wildman–Crippen LogP) is 5.11. The largest absolute Gasteiger partial charge is 0.321 e. The second kappa shape index (κ2) is 5.31. The Kier molecular flexibility index (Phi) is 3.62. The molecular weight excluding hydrogens is 254 g/mol.